The molecule has 66 heavy (non-hydrogen) atoms. The molecule has 0 saturated heterocycles. The molecule has 0 aliphatic rings. The van der Waals surface area contributed by atoms with Crippen molar-refractivity contribution in [3.8, 4) is 0 Å². The minimum absolute atomic E-state index is 0.0642. The van der Waals surface area contributed by atoms with E-state index in [0.29, 0.717) is 12.8 Å². The van der Waals surface area contributed by atoms with Gasteiger partial charge in [0, 0.05) is 12.8 Å². The molecule has 0 aliphatic carbocycles. The predicted octanol–water partition coefficient (Wildman–Crippen LogP) is 19.6. The maximum absolute atomic E-state index is 12.3. The summed E-state index contributed by atoms with van der Waals surface area (Å²) < 4.78 is 10.7. The maximum atomic E-state index is 12.3. The van der Waals surface area contributed by atoms with Crippen LogP contribution in [0.15, 0.2) is 48.6 Å². The Morgan fingerprint density at radius 3 is 0.924 bits per heavy atom. The van der Waals surface area contributed by atoms with Gasteiger partial charge in [0.1, 0.15) is 6.61 Å². The van der Waals surface area contributed by atoms with Crippen molar-refractivity contribution in [1.82, 2.24) is 0 Å². The number of ether oxygens (including phenoxy) is 2. The third-order valence-corrected chi connectivity index (χ3v) is 13.1. The predicted molar refractivity (Wildman–Crippen MR) is 288 cm³/mol. The fourth-order valence-corrected chi connectivity index (χ4v) is 8.68. The van der Waals surface area contributed by atoms with E-state index in [-0.39, 0.29) is 25.2 Å². The van der Waals surface area contributed by atoms with Crippen molar-refractivity contribution in [2.24, 2.45) is 0 Å². The highest BCUT2D eigenvalue weighted by atomic mass is 16.6. The van der Waals surface area contributed by atoms with Crippen LogP contribution in [0.25, 0.3) is 0 Å². The minimum Gasteiger partial charge on any atom is -0.462 e. The zero-order chi connectivity index (χ0) is 47.7. The van der Waals surface area contributed by atoms with Crippen LogP contribution in [0.5, 0.6) is 0 Å². The van der Waals surface area contributed by atoms with E-state index in [4.69, 9.17) is 9.47 Å². The molecule has 0 heterocycles. The van der Waals surface area contributed by atoms with Gasteiger partial charge in [-0.25, -0.2) is 0 Å². The average Bonchev–Trinajstić information content (AvgIpc) is 3.32. The SMILES string of the molecule is CCCCCCC/C=C\C/C=C\C/C=C\CCCCCCCCCCCCCCCCCCC(=O)OC(CO)COC(=O)CCCCCCCCCCC/C=C\CCCCCCCCCC. The lowest BCUT2D eigenvalue weighted by atomic mass is 10.0. The highest BCUT2D eigenvalue weighted by Crippen LogP contribution is 2.17. The number of hydrogen-bond acceptors (Lipinski definition) is 5. The van der Waals surface area contributed by atoms with Crippen LogP contribution in [-0.4, -0.2) is 36.4 Å². The van der Waals surface area contributed by atoms with E-state index in [2.05, 4.69) is 62.5 Å². The van der Waals surface area contributed by atoms with E-state index in [1.165, 1.54) is 231 Å². The van der Waals surface area contributed by atoms with E-state index < -0.39 is 6.10 Å². The Labute approximate surface area is 411 Å². The molecule has 0 aromatic heterocycles. The molecule has 0 bridgehead atoms. The summed E-state index contributed by atoms with van der Waals surface area (Å²) in [5.41, 5.74) is 0. The van der Waals surface area contributed by atoms with Crippen LogP contribution in [0.2, 0.25) is 0 Å². The van der Waals surface area contributed by atoms with Crippen molar-refractivity contribution in [2.75, 3.05) is 13.2 Å². The van der Waals surface area contributed by atoms with Crippen molar-refractivity contribution < 1.29 is 24.2 Å². The molecule has 0 amide bonds. The van der Waals surface area contributed by atoms with E-state index in [1.54, 1.807) is 0 Å². The van der Waals surface area contributed by atoms with Crippen molar-refractivity contribution in [1.29, 1.82) is 0 Å². The van der Waals surface area contributed by atoms with Gasteiger partial charge in [0.25, 0.3) is 0 Å². The summed E-state index contributed by atoms with van der Waals surface area (Å²) in [5, 5.41) is 9.66. The number of carbonyl (C=O) groups excluding carboxylic acids is 2. The highest BCUT2D eigenvalue weighted by molar-refractivity contribution is 5.70. The number of hydrogen-bond donors (Lipinski definition) is 1. The molecule has 1 unspecified atom stereocenters. The molecule has 0 rings (SSSR count). The van der Waals surface area contributed by atoms with Gasteiger partial charge in [-0.3, -0.25) is 9.59 Å². The third kappa shape index (κ3) is 54.5. The minimum atomic E-state index is -0.773. The van der Waals surface area contributed by atoms with Crippen LogP contribution in [0, 0.1) is 0 Å². The Morgan fingerprint density at radius 1 is 0.348 bits per heavy atom. The first-order chi connectivity index (χ1) is 32.6. The topological polar surface area (TPSA) is 72.8 Å². The molecule has 1 atom stereocenters. The first-order valence-corrected chi connectivity index (χ1v) is 29.2. The smallest absolute Gasteiger partial charge is 0.306 e. The lowest BCUT2D eigenvalue weighted by Crippen LogP contribution is -2.28. The molecule has 0 spiro atoms. The molecular formula is C61H112O5. The van der Waals surface area contributed by atoms with E-state index >= 15 is 0 Å². The van der Waals surface area contributed by atoms with Gasteiger partial charge >= 0.3 is 11.9 Å². The first-order valence-electron chi connectivity index (χ1n) is 29.2. The lowest BCUT2D eigenvalue weighted by Gasteiger charge is -2.15. The van der Waals surface area contributed by atoms with Crippen LogP contribution < -0.4 is 0 Å². The number of unbranched alkanes of at least 4 members (excludes halogenated alkanes) is 38. The van der Waals surface area contributed by atoms with E-state index in [0.717, 1.165) is 51.4 Å². The second-order valence-corrected chi connectivity index (χ2v) is 19.7. The van der Waals surface area contributed by atoms with Gasteiger partial charge in [-0.15, -0.1) is 0 Å². The first kappa shape index (κ1) is 63.9. The molecule has 0 radical (unpaired) electrons. The van der Waals surface area contributed by atoms with Gasteiger partial charge in [0.15, 0.2) is 6.10 Å². The second-order valence-electron chi connectivity index (χ2n) is 19.7. The zero-order valence-electron chi connectivity index (χ0n) is 44.2. The van der Waals surface area contributed by atoms with Crippen LogP contribution in [0.1, 0.15) is 309 Å². The molecule has 0 aromatic rings. The molecule has 5 heteroatoms. The summed E-state index contributed by atoms with van der Waals surface area (Å²) in [6.45, 7) is 4.16. The average molecular weight is 926 g/mol. The summed E-state index contributed by atoms with van der Waals surface area (Å²) >= 11 is 0. The van der Waals surface area contributed by atoms with Crippen LogP contribution >= 0.6 is 0 Å². The Bertz CT molecular complexity index is 1090. The Kier molecular flexibility index (Phi) is 55.3. The van der Waals surface area contributed by atoms with Crippen molar-refractivity contribution in [3.05, 3.63) is 48.6 Å². The normalized spacial score (nSPS) is 12.5. The lowest BCUT2D eigenvalue weighted by molar-refractivity contribution is -0.161. The fourth-order valence-electron chi connectivity index (χ4n) is 8.68. The summed E-state index contributed by atoms with van der Waals surface area (Å²) in [6.07, 6.45) is 75.2. The van der Waals surface area contributed by atoms with Gasteiger partial charge in [-0.05, 0) is 77.0 Å². The highest BCUT2D eigenvalue weighted by Gasteiger charge is 2.16. The maximum Gasteiger partial charge on any atom is 0.306 e. The second kappa shape index (κ2) is 57.2. The fraction of sp³-hybridized carbons (Fsp3) is 0.836. The Balaban J connectivity index is 3.45. The number of carbonyl (C=O) groups is 2. The number of esters is 2. The monoisotopic (exact) mass is 925 g/mol. The molecule has 0 fully saturated rings. The third-order valence-electron chi connectivity index (χ3n) is 13.1. The zero-order valence-corrected chi connectivity index (χ0v) is 44.2. The summed E-state index contributed by atoms with van der Waals surface area (Å²) in [4.78, 5) is 24.5. The van der Waals surface area contributed by atoms with Gasteiger partial charge in [0.2, 0.25) is 0 Å². The van der Waals surface area contributed by atoms with Gasteiger partial charge in [-0.2, -0.15) is 0 Å². The molecule has 0 aliphatic heterocycles. The molecule has 0 aromatic carbocycles. The van der Waals surface area contributed by atoms with Gasteiger partial charge in [0.05, 0.1) is 6.61 Å². The van der Waals surface area contributed by atoms with Gasteiger partial charge < -0.3 is 14.6 Å². The van der Waals surface area contributed by atoms with Crippen LogP contribution in [0.4, 0.5) is 0 Å². The number of allylic oxidation sites excluding steroid dienone is 8. The van der Waals surface area contributed by atoms with E-state index in [9.17, 15) is 14.7 Å². The largest absolute Gasteiger partial charge is 0.462 e. The number of rotatable bonds is 54. The quantitative estimate of drug-likeness (QED) is 0.0374. The van der Waals surface area contributed by atoms with E-state index in [1.807, 2.05) is 0 Å². The van der Waals surface area contributed by atoms with Crippen LogP contribution in [0.3, 0.4) is 0 Å². The summed E-state index contributed by atoms with van der Waals surface area (Å²) in [6, 6.07) is 0. The molecule has 5 nitrogen and oxygen atoms in total. The van der Waals surface area contributed by atoms with Crippen molar-refractivity contribution in [3.63, 3.8) is 0 Å². The standard InChI is InChI=1S/C61H112O5/c1-3-5-7-9-11-13-15-17-19-21-23-25-26-27-28-29-30-31-32-33-34-36-38-40-42-44-46-48-50-52-54-56-61(64)66-59(57-62)58-65-60(63)55-53-51-49-47-45-43-41-39-37-35-24-22-20-18-16-14-12-10-8-6-4-2/h15,17,21-24,26-27,59,62H,3-14,16,18-20,25,28-58H2,1-2H3/b17-15-,23-21-,24-22-,27-26-. The molecule has 386 valence electrons. The van der Waals surface area contributed by atoms with Gasteiger partial charge in [-0.1, -0.05) is 268 Å². The molecule has 0 saturated carbocycles. The number of aliphatic hydroxyl groups excluding tert-OH is 1. The Hall–Kier alpha value is -2.14. The van der Waals surface area contributed by atoms with Crippen molar-refractivity contribution in [2.45, 2.75) is 315 Å². The Morgan fingerprint density at radius 2 is 0.606 bits per heavy atom. The molecular weight excluding hydrogens is 813 g/mol. The number of aliphatic hydroxyl groups is 1. The molecule has 1 N–H and O–H groups in total. The van der Waals surface area contributed by atoms with Crippen molar-refractivity contribution >= 4 is 11.9 Å². The summed E-state index contributed by atoms with van der Waals surface area (Å²) in [7, 11) is 0. The summed E-state index contributed by atoms with van der Waals surface area (Å²) in [5.74, 6) is -0.580. The van der Waals surface area contributed by atoms with Crippen LogP contribution in [-0.2, 0) is 19.1 Å².